The normalized spacial score (nSPS) is 41.8. The van der Waals surface area contributed by atoms with E-state index in [2.05, 4.69) is 62.7 Å². The van der Waals surface area contributed by atoms with E-state index in [0.29, 0.717) is 12.5 Å². The van der Waals surface area contributed by atoms with Gasteiger partial charge < -0.3 is 32.2 Å². The summed E-state index contributed by atoms with van der Waals surface area (Å²) in [5, 5.41) is 3.02. The Kier molecular flexibility index (Phi) is 9.92. The van der Waals surface area contributed by atoms with Crippen LogP contribution in [0.3, 0.4) is 0 Å². The van der Waals surface area contributed by atoms with Crippen LogP contribution in [-0.4, -0.2) is 84.4 Å². The van der Waals surface area contributed by atoms with Gasteiger partial charge in [-0.05, 0) is 75.7 Å². The lowest BCUT2D eigenvalue weighted by molar-refractivity contribution is -0.0964. The van der Waals surface area contributed by atoms with Crippen LogP contribution in [-0.2, 0) is 4.74 Å². The van der Waals surface area contributed by atoms with Crippen LogP contribution >= 0.6 is 0 Å². The summed E-state index contributed by atoms with van der Waals surface area (Å²) in [6.07, 6.45) is 13.0. The van der Waals surface area contributed by atoms with E-state index in [-0.39, 0.29) is 45.6 Å². The Bertz CT molecular complexity index is 1060. The number of amides is 1. The first-order valence-corrected chi connectivity index (χ1v) is 18.2. The fourth-order valence-electron chi connectivity index (χ4n) is 10.7. The molecular weight excluding hydrogens is 548 g/mol. The van der Waals surface area contributed by atoms with Gasteiger partial charge in [0.15, 0.2) is 0 Å². The lowest BCUT2D eigenvalue weighted by Crippen LogP contribution is -2.78. The first-order chi connectivity index (χ1) is 20.7. The van der Waals surface area contributed by atoms with Crippen LogP contribution in [0.4, 0.5) is 4.79 Å². The van der Waals surface area contributed by atoms with Gasteiger partial charge in [-0.3, -0.25) is 4.90 Å². The quantitative estimate of drug-likeness (QED) is 0.255. The van der Waals surface area contributed by atoms with Crippen LogP contribution in [0.15, 0.2) is 11.6 Å². The molecule has 0 radical (unpaired) electrons. The molecule has 7 N–H and O–H groups in total. The molecule has 3 saturated carbocycles. The largest absolute Gasteiger partial charge is 0.446 e. The minimum Gasteiger partial charge on any atom is -0.446 e. The zero-order valence-corrected chi connectivity index (χ0v) is 29.1. The first kappa shape index (κ1) is 34.2. The Morgan fingerprint density at radius 3 is 2.34 bits per heavy atom. The number of nitrogens with one attached hydrogen (secondary N) is 1. The Morgan fingerprint density at radius 1 is 0.977 bits per heavy atom. The molecule has 0 aromatic heterocycles. The van der Waals surface area contributed by atoms with Crippen molar-refractivity contribution in [3.8, 4) is 0 Å². The summed E-state index contributed by atoms with van der Waals surface area (Å²) in [6.45, 7) is 21.0. The van der Waals surface area contributed by atoms with Gasteiger partial charge in [-0.1, -0.05) is 66.0 Å². The molecule has 5 aliphatic rings. The van der Waals surface area contributed by atoms with Gasteiger partial charge in [0.1, 0.15) is 6.10 Å². The third kappa shape index (κ3) is 5.67. The topological polar surface area (TPSA) is 123 Å². The molecule has 1 aliphatic heterocycles. The van der Waals surface area contributed by atoms with Crippen molar-refractivity contribution < 1.29 is 9.53 Å². The van der Waals surface area contributed by atoms with E-state index < -0.39 is 0 Å². The molecule has 4 aliphatic carbocycles. The van der Waals surface area contributed by atoms with Crippen molar-refractivity contribution in [3.05, 3.63) is 11.6 Å². The molecule has 8 nitrogen and oxygen atoms in total. The predicted molar refractivity (Wildman–Crippen MR) is 180 cm³/mol. The molecule has 1 amide bonds. The Balaban J connectivity index is 1.21. The fraction of sp³-hybridized carbons (Fsp3) is 0.917. The second kappa shape index (κ2) is 12.8. The van der Waals surface area contributed by atoms with E-state index in [1.807, 2.05) is 0 Å². The van der Waals surface area contributed by atoms with Crippen molar-refractivity contribution in [3.63, 3.8) is 0 Å². The third-order valence-electron chi connectivity index (χ3n) is 14.2. The van der Waals surface area contributed by atoms with E-state index in [9.17, 15) is 4.79 Å². The highest BCUT2D eigenvalue weighted by atomic mass is 16.6. The average molecular weight is 615 g/mol. The summed E-state index contributed by atoms with van der Waals surface area (Å²) in [5.41, 5.74) is 22.9. The molecule has 252 valence electrons. The number of carbonyl (C=O) groups is 1. The fourth-order valence-corrected chi connectivity index (χ4v) is 10.7. The molecule has 1 saturated heterocycles. The summed E-state index contributed by atoms with van der Waals surface area (Å²) < 4.78 is 5.98. The monoisotopic (exact) mass is 615 g/mol. The van der Waals surface area contributed by atoms with Crippen LogP contribution in [0, 0.1) is 28.6 Å². The maximum Gasteiger partial charge on any atom is 0.407 e. The lowest BCUT2D eigenvalue weighted by Gasteiger charge is -2.68. The number of rotatable bonds is 10. The smallest absolute Gasteiger partial charge is 0.407 e. The maximum atomic E-state index is 12.8. The van der Waals surface area contributed by atoms with Gasteiger partial charge in [-0.15, -0.1) is 0 Å². The summed E-state index contributed by atoms with van der Waals surface area (Å²) in [6, 6.07) is 0. The number of alkyl carbamates (subject to hydrolysis) is 1. The number of carbonyl (C=O) groups excluding carboxylic acids is 1. The number of piperazine rings is 1. The standard InChI is InChI=1S/C36H66N6O2/c1-7-41-21-23-42(24-22-41)20-19-40-31(43)44-29-13-14-32(5)28(25-29)11-12-30-35(32,38)16-15-33(6)34(37,17-18-36(30,33)39)27(4)10-8-9-26(2)3/h11,26-27,29-30H,7-10,12-25,37-39H2,1-6H3,(H,40,43)/t27-,29?,30-,32?,33-,34+,35-,36-/m1/s1. The van der Waals surface area contributed by atoms with Gasteiger partial charge in [-0.25, -0.2) is 4.79 Å². The molecule has 44 heavy (non-hydrogen) atoms. The van der Waals surface area contributed by atoms with Crippen molar-refractivity contribution in [2.75, 3.05) is 45.8 Å². The van der Waals surface area contributed by atoms with Crippen LogP contribution < -0.4 is 22.5 Å². The highest BCUT2D eigenvalue weighted by Crippen LogP contribution is 2.69. The second-order valence-electron chi connectivity index (χ2n) is 16.5. The van der Waals surface area contributed by atoms with Crippen molar-refractivity contribution >= 4 is 6.09 Å². The van der Waals surface area contributed by atoms with Gasteiger partial charge in [0, 0.05) is 73.1 Å². The molecule has 0 bridgehead atoms. The van der Waals surface area contributed by atoms with Crippen LogP contribution in [0.25, 0.3) is 0 Å². The number of likely N-dealkylation sites (N-methyl/N-ethyl adjacent to an activating group) is 1. The van der Waals surface area contributed by atoms with E-state index >= 15 is 0 Å². The molecule has 5 rings (SSSR count). The van der Waals surface area contributed by atoms with Gasteiger partial charge in [0.05, 0.1) is 0 Å². The van der Waals surface area contributed by atoms with Crippen molar-refractivity contribution in [2.45, 2.75) is 135 Å². The number of nitrogens with zero attached hydrogens (tertiary/aromatic N) is 2. The van der Waals surface area contributed by atoms with Crippen molar-refractivity contribution in [2.24, 2.45) is 45.8 Å². The van der Waals surface area contributed by atoms with E-state index in [0.717, 1.165) is 96.6 Å². The van der Waals surface area contributed by atoms with E-state index in [1.54, 1.807) is 0 Å². The Labute approximate surface area is 268 Å². The highest BCUT2D eigenvalue weighted by molar-refractivity contribution is 5.67. The zero-order chi connectivity index (χ0) is 32.0. The van der Waals surface area contributed by atoms with Gasteiger partial charge in [-0.2, -0.15) is 0 Å². The zero-order valence-electron chi connectivity index (χ0n) is 29.1. The van der Waals surface area contributed by atoms with Crippen molar-refractivity contribution in [1.82, 2.24) is 15.1 Å². The Hall–Kier alpha value is -1.19. The van der Waals surface area contributed by atoms with Gasteiger partial charge in [0.25, 0.3) is 0 Å². The molecule has 2 unspecified atom stereocenters. The molecule has 8 atom stereocenters. The van der Waals surface area contributed by atoms with Crippen LogP contribution in [0.2, 0.25) is 0 Å². The molecule has 8 heteroatoms. The average Bonchev–Trinajstić information content (AvgIpc) is 3.20. The molecule has 0 spiro atoms. The summed E-state index contributed by atoms with van der Waals surface area (Å²) in [7, 11) is 0. The number of allylic oxidation sites excluding steroid dienone is 1. The van der Waals surface area contributed by atoms with Crippen molar-refractivity contribution in [1.29, 1.82) is 0 Å². The van der Waals surface area contributed by atoms with Crippen LogP contribution in [0.5, 0.6) is 0 Å². The Morgan fingerprint density at radius 2 is 1.66 bits per heavy atom. The number of hydrogen-bond donors (Lipinski definition) is 4. The summed E-state index contributed by atoms with van der Waals surface area (Å²) in [4.78, 5) is 17.7. The van der Waals surface area contributed by atoms with E-state index in [4.69, 9.17) is 21.9 Å². The molecule has 1 heterocycles. The van der Waals surface area contributed by atoms with Crippen LogP contribution in [0.1, 0.15) is 112 Å². The van der Waals surface area contributed by atoms with Gasteiger partial charge >= 0.3 is 6.09 Å². The SMILES string of the molecule is CCN1CCN(CCNC(=O)OC2CCC3(C)C(=CC[C@@H]4[C@]3(N)CC[C@@]3(C)[C@@]4(N)CC[C@]3(N)[C@H](C)CCCC(C)C)C2)CC1. The number of hydrogen-bond acceptors (Lipinski definition) is 7. The highest BCUT2D eigenvalue weighted by Gasteiger charge is 2.73. The molecule has 0 aromatic rings. The minimum absolute atomic E-state index is 0.0990. The number of nitrogens with two attached hydrogens (primary N) is 3. The minimum atomic E-state index is -0.373. The molecule has 0 aromatic carbocycles. The lowest BCUT2D eigenvalue weighted by atomic mass is 9.40. The van der Waals surface area contributed by atoms with Gasteiger partial charge in [0.2, 0.25) is 0 Å². The first-order valence-electron chi connectivity index (χ1n) is 18.2. The maximum absolute atomic E-state index is 12.8. The summed E-state index contributed by atoms with van der Waals surface area (Å²) in [5.74, 6) is 1.38. The molecular formula is C36H66N6O2. The predicted octanol–water partition coefficient (Wildman–Crippen LogP) is 5.00. The van der Waals surface area contributed by atoms with E-state index in [1.165, 1.54) is 24.8 Å². The molecule has 4 fully saturated rings. The number of fused-ring (bicyclic) bond motifs is 5. The third-order valence-corrected chi connectivity index (χ3v) is 14.2. The number of ether oxygens (including phenoxy) is 1. The second-order valence-corrected chi connectivity index (χ2v) is 16.5. The summed E-state index contributed by atoms with van der Waals surface area (Å²) >= 11 is 0.